The molecule has 0 aliphatic heterocycles. The van der Waals surface area contributed by atoms with Crippen LogP contribution >= 0.6 is 11.8 Å². The number of nitrogens with two attached hydrogens (primary N) is 1. The lowest BCUT2D eigenvalue weighted by Gasteiger charge is -2.22. The van der Waals surface area contributed by atoms with Crippen LogP contribution < -0.4 is 10.5 Å². The van der Waals surface area contributed by atoms with Crippen LogP contribution in [0.25, 0.3) is 0 Å². The van der Waals surface area contributed by atoms with E-state index in [0.717, 1.165) is 17.7 Å². The van der Waals surface area contributed by atoms with Crippen molar-refractivity contribution in [3.8, 4) is 0 Å². The summed E-state index contributed by atoms with van der Waals surface area (Å²) in [5, 5.41) is 0.517. The molecule has 1 aromatic rings. The van der Waals surface area contributed by atoms with Gasteiger partial charge in [-0.05, 0) is 38.1 Å². The minimum absolute atomic E-state index is 0.297. The van der Waals surface area contributed by atoms with Gasteiger partial charge in [0.1, 0.15) is 0 Å². The van der Waals surface area contributed by atoms with Gasteiger partial charge < -0.3 is 5.73 Å². The van der Waals surface area contributed by atoms with Gasteiger partial charge in [-0.25, -0.2) is 13.1 Å². The quantitative estimate of drug-likeness (QED) is 0.838. The molecule has 0 unspecified atom stereocenters. The molecule has 0 amide bonds. The van der Waals surface area contributed by atoms with E-state index in [0.29, 0.717) is 15.8 Å². The Morgan fingerprint density at radius 3 is 2.58 bits per heavy atom. The second-order valence-electron chi connectivity index (χ2n) is 4.79. The molecule has 4 nitrogen and oxygen atoms in total. The van der Waals surface area contributed by atoms with Crippen molar-refractivity contribution in [3.05, 3.63) is 18.2 Å². The summed E-state index contributed by atoms with van der Waals surface area (Å²) in [6.45, 7) is 0. The molecule has 2 rings (SSSR count). The summed E-state index contributed by atoms with van der Waals surface area (Å²) in [6, 6.07) is 5.12. The van der Waals surface area contributed by atoms with Crippen LogP contribution in [0.3, 0.4) is 0 Å². The third-order valence-electron chi connectivity index (χ3n) is 3.37. The van der Waals surface area contributed by atoms with E-state index < -0.39 is 10.0 Å². The van der Waals surface area contributed by atoms with Crippen molar-refractivity contribution in [2.75, 3.05) is 12.8 Å². The fraction of sp³-hybridized carbons (Fsp3) is 0.538. The van der Waals surface area contributed by atoms with Crippen molar-refractivity contribution in [2.24, 2.45) is 0 Å². The molecule has 1 saturated carbocycles. The molecule has 0 radical (unpaired) electrons. The van der Waals surface area contributed by atoms with E-state index >= 15 is 0 Å². The summed E-state index contributed by atoms with van der Waals surface area (Å²) >= 11 is 1.67. The monoisotopic (exact) mass is 300 g/mol. The first kappa shape index (κ1) is 14.7. The zero-order valence-electron chi connectivity index (χ0n) is 11.1. The molecule has 3 N–H and O–H groups in total. The number of rotatable bonds is 4. The van der Waals surface area contributed by atoms with E-state index in [2.05, 4.69) is 4.72 Å². The summed E-state index contributed by atoms with van der Waals surface area (Å²) in [5.74, 6) is 0. The molecule has 1 fully saturated rings. The highest BCUT2D eigenvalue weighted by Gasteiger charge is 2.21. The smallest absolute Gasteiger partial charge is 0.241 e. The van der Waals surface area contributed by atoms with Crippen molar-refractivity contribution in [1.82, 2.24) is 4.72 Å². The fourth-order valence-corrected chi connectivity index (χ4v) is 4.87. The standard InChI is InChI=1S/C13H20N2O2S2/c1-15-19(16,17)13-9-10(14)7-8-12(13)18-11-5-3-2-4-6-11/h7-9,11,15H,2-6,14H2,1H3. The van der Waals surface area contributed by atoms with Gasteiger partial charge >= 0.3 is 0 Å². The van der Waals surface area contributed by atoms with E-state index in [9.17, 15) is 8.42 Å². The molecule has 1 aromatic carbocycles. The minimum Gasteiger partial charge on any atom is -0.399 e. The summed E-state index contributed by atoms with van der Waals surface area (Å²) in [6.07, 6.45) is 6.09. The van der Waals surface area contributed by atoms with Crippen molar-refractivity contribution in [2.45, 2.75) is 47.1 Å². The average molecular weight is 300 g/mol. The predicted octanol–water partition coefficient (Wildman–Crippen LogP) is 2.60. The largest absolute Gasteiger partial charge is 0.399 e. The lowest BCUT2D eigenvalue weighted by atomic mass is 10.0. The minimum atomic E-state index is -3.45. The number of benzene rings is 1. The van der Waals surface area contributed by atoms with Gasteiger partial charge in [-0.2, -0.15) is 0 Å². The van der Waals surface area contributed by atoms with Gasteiger partial charge in [0, 0.05) is 15.8 Å². The van der Waals surface area contributed by atoms with Crippen LogP contribution in [0.4, 0.5) is 5.69 Å². The Morgan fingerprint density at radius 1 is 1.26 bits per heavy atom. The highest BCUT2D eigenvalue weighted by atomic mass is 32.2. The normalized spacial score (nSPS) is 17.5. The fourth-order valence-electron chi connectivity index (χ4n) is 2.30. The molecule has 106 valence electrons. The van der Waals surface area contributed by atoms with E-state index in [1.807, 2.05) is 6.07 Å². The van der Waals surface area contributed by atoms with Gasteiger partial charge in [0.15, 0.2) is 0 Å². The molecule has 1 aliphatic carbocycles. The van der Waals surface area contributed by atoms with Crippen molar-refractivity contribution in [3.63, 3.8) is 0 Å². The molecule has 19 heavy (non-hydrogen) atoms. The average Bonchev–Trinajstić information content (AvgIpc) is 2.42. The molecular weight excluding hydrogens is 280 g/mol. The molecule has 0 heterocycles. The number of thioether (sulfide) groups is 1. The van der Waals surface area contributed by atoms with Crippen LogP contribution in [0.1, 0.15) is 32.1 Å². The Hall–Kier alpha value is -0.720. The number of nitrogen functional groups attached to an aromatic ring is 1. The summed E-state index contributed by atoms with van der Waals surface area (Å²) in [5.41, 5.74) is 6.18. The van der Waals surface area contributed by atoms with Gasteiger partial charge in [0.25, 0.3) is 0 Å². The first-order valence-corrected chi connectivity index (χ1v) is 8.89. The molecule has 0 saturated heterocycles. The Morgan fingerprint density at radius 2 is 1.95 bits per heavy atom. The molecule has 0 spiro atoms. The van der Waals surface area contributed by atoms with Gasteiger partial charge in [-0.3, -0.25) is 0 Å². The summed E-state index contributed by atoms with van der Waals surface area (Å²) in [4.78, 5) is 1.10. The predicted molar refractivity (Wildman–Crippen MR) is 79.8 cm³/mol. The van der Waals surface area contributed by atoms with E-state index in [1.54, 1.807) is 17.8 Å². The maximum absolute atomic E-state index is 12.0. The van der Waals surface area contributed by atoms with Gasteiger partial charge in [0.05, 0.1) is 4.90 Å². The number of sulfonamides is 1. The van der Waals surface area contributed by atoms with Crippen LogP contribution in [0.5, 0.6) is 0 Å². The van der Waals surface area contributed by atoms with Crippen LogP contribution in [0, 0.1) is 0 Å². The van der Waals surface area contributed by atoms with Crippen molar-refractivity contribution in [1.29, 1.82) is 0 Å². The number of hydrogen-bond acceptors (Lipinski definition) is 4. The van der Waals surface area contributed by atoms with Gasteiger partial charge in [-0.15, -0.1) is 11.8 Å². The molecule has 6 heteroatoms. The van der Waals surface area contributed by atoms with E-state index in [4.69, 9.17) is 5.73 Å². The van der Waals surface area contributed by atoms with Crippen LogP contribution in [-0.2, 0) is 10.0 Å². The van der Waals surface area contributed by atoms with Crippen LogP contribution in [0.2, 0.25) is 0 Å². The maximum Gasteiger partial charge on any atom is 0.241 e. The summed E-state index contributed by atoms with van der Waals surface area (Å²) in [7, 11) is -2.03. The first-order chi connectivity index (χ1) is 9.03. The topological polar surface area (TPSA) is 72.2 Å². The van der Waals surface area contributed by atoms with E-state index in [1.165, 1.54) is 32.4 Å². The zero-order chi connectivity index (χ0) is 13.9. The van der Waals surface area contributed by atoms with Crippen molar-refractivity contribution < 1.29 is 8.42 Å². The van der Waals surface area contributed by atoms with Gasteiger partial charge in [-0.1, -0.05) is 19.3 Å². The third-order valence-corrected chi connectivity index (χ3v) is 6.37. The summed E-state index contributed by atoms with van der Waals surface area (Å²) < 4.78 is 26.4. The van der Waals surface area contributed by atoms with Gasteiger partial charge in [0.2, 0.25) is 10.0 Å². The van der Waals surface area contributed by atoms with E-state index in [-0.39, 0.29) is 0 Å². The van der Waals surface area contributed by atoms with Crippen molar-refractivity contribution >= 4 is 27.5 Å². The zero-order valence-corrected chi connectivity index (χ0v) is 12.7. The third kappa shape index (κ3) is 3.64. The van der Waals surface area contributed by atoms with Crippen LogP contribution in [0.15, 0.2) is 28.0 Å². The highest BCUT2D eigenvalue weighted by Crippen LogP contribution is 2.37. The lowest BCUT2D eigenvalue weighted by Crippen LogP contribution is -2.20. The number of anilines is 1. The highest BCUT2D eigenvalue weighted by molar-refractivity contribution is 8.00. The lowest BCUT2D eigenvalue weighted by molar-refractivity contribution is 0.516. The molecule has 1 aliphatic rings. The Labute approximate surface area is 119 Å². The Balaban J connectivity index is 2.29. The first-order valence-electron chi connectivity index (χ1n) is 6.52. The number of nitrogens with one attached hydrogen (secondary N) is 1. The SMILES string of the molecule is CNS(=O)(=O)c1cc(N)ccc1SC1CCCCC1. The second kappa shape index (κ2) is 6.15. The Kier molecular flexibility index (Phi) is 4.76. The number of hydrogen-bond donors (Lipinski definition) is 2. The molecule has 0 aromatic heterocycles. The Bertz CT molecular complexity index is 538. The molecular formula is C13H20N2O2S2. The maximum atomic E-state index is 12.0. The second-order valence-corrected chi connectivity index (χ2v) is 7.99. The molecule has 0 atom stereocenters. The van der Waals surface area contributed by atoms with Crippen LogP contribution in [-0.4, -0.2) is 20.7 Å². The molecule has 0 bridgehead atoms.